The van der Waals surface area contributed by atoms with Crippen LogP contribution in [0.2, 0.25) is 5.02 Å². The highest BCUT2D eigenvalue weighted by Gasteiger charge is 2.37. The molecule has 370 valence electrons. The molecule has 3 N–H and O–H groups in total. The Morgan fingerprint density at radius 1 is 1.03 bits per heavy atom. The highest BCUT2D eigenvalue weighted by atomic mass is 35.5. The molecule has 4 aliphatic rings. The van der Waals surface area contributed by atoms with Crippen LogP contribution in [0.1, 0.15) is 67.4 Å². The number of nitrogens with one attached hydrogen (secondary N) is 3. The number of hydrogen-bond acceptors (Lipinski definition) is 12. The molecule has 4 heterocycles. The third-order valence-electron chi connectivity index (χ3n) is 13.4. The van der Waals surface area contributed by atoms with Crippen LogP contribution in [0.15, 0.2) is 89.6 Å². The summed E-state index contributed by atoms with van der Waals surface area (Å²) in [7, 11) is -4.68. The third kappa shape index (κ3) is 11.0. The van der Waals surface area contributed by atoms with Crippen LogP contribution >= 0.6 is 11.6 Å². The van der Waals surface area contributed by atoms with E-state index in [1.165, 1.54) is 24.4 Å². The summed E-state index contributed by atoms with van der Waals surface area (Å²) in [4.78, 5) is 51.2. The van der Waals surface area contributed by atoms with Gasteiger partial charge in [0.25, 0.3) is 21.6 Å². The number of alkyl halides is 3. The molecule has 9 rings (SSSR count). The number of allylic oxidation sites excluding steroid dienone is 1. The molecule has 1 unspecified atom stereocenters. The van der Waals surface area contributed by atoms with E-state index in [4.69, 9.17) is 21.1 Å². The van der Waals surface area contributed by atoms with Crippen molar-refractivity contribution in [3.05, 3.63) is 117 Å². The van der Waals surface area contributed by atoms with Crippen molar-refractivity contribution in [2.24, 2.45) is 11.3 Å². The van der Waals surface area contributed by atoms with Gasteiger partial charge in [0.05, 0.1) is 39.9 Å². The van der Waals surface area contributed by atoms with Crippen LogP contribution in [-0.4, -0.2) is 110 Å². The molecule has 0 radical (unpaired) electrons. The Morgan fingerprint density at radius 2 is 1.81 bits per heavy atom. The monoisotopic (exact) mass is 1000 g/mol. The summed E-state index contributed by atoms with van der Waals surface area (Å²) in [5.74, 6) is -0.611. The van der Waals surface area contributed by atoms with Gasteiger partial charge >= 0.3 is 6.18 Å². The minimum absolute atomic E-state index is 0.0326. The zero-order chi connectivity index (χ0) is 49.5. The van der Waals surface area contributed by atoms with Crippen LogP contribution in [0.5, 0.6) is 11.5 Å². The summed E-state index contributed by atoms with van der Waals surface area (Å²) in [6.45, 7) is 8.58. The minimum Gasteiger partial charge on any atom is -0.455 e. The predicted octanol–water partition coefficient (Wildman–Crippen LogP) is 8.89. The maximum absolute atomic E-state index is 14.0. The van der Waals surface area contributed by atoms with Crippen molar-refractivity contribution >= 4 is 67.1 Å². The molecule has 2 aromatic heterocycles. The Labute approximate surface area is 407 Å². The normalized spacial score (nSPS) is 19.0. The maximum Gasteiger partial charge on any atom is 0.416 e. The highest BCUT2D eigenvalue weighted by molar-refractivity contribution is 7.90. The second-order valence-corrected chi connectivity index (χ2v) is 21.1. The van der Waals surface area contributed by atoms with Crippen LogP contribution in [0.25, 0.3) is 16.6 Å². The quantitative estimate of drug-likeness (QED) is 0.0708. The van der Waals surface area contributed by atoms with E-state index in [1.807, 2.05) is 0 Å². The lowest BCUT2D eigenvalue weighted by molar-refractivity contribution is -0.384. The van der Waals surface area contributed by atoms with Crippen LogP contribution < -0.4 is 19.7 Å². The van der Waals surface area contributed by atoms with E-state index in [0.717, 1.165) is 66.5 Å². The number of fused-ring (bicyclic) bond motifs is 1. The Kier molecular flexibility index (Phi) is 13.6. The molecule has 5 aromatic rings. The lowest BCUT2D eigenvalue weighted by atomic mass is 9.72. The molecule has 3 fully saturated rings. The average Bonchev–Trinajstić information content (AvgIpc) is 4.07. The molecule has 3 aromatic carbocycles. The zero-order valence-electron chi connectivity index (χ0n) is 38.5. The number of rotatable bonds is 14. The van der Waals surface area contributed by atoms with Gasteiger partial charge in [0.2, 0.25) is 5.91 Å². The number of ether oxygens (including phenoxy) is 2. The molecule has 0 bridgehead atoms. The first-order chi connectivity index (χ1) is 33.3. The van der Waals surface area contributed by atoms with Gasteiger partial charge in [-0.05, 0) is 97.2 Å². The number of benzene rings is 3. The molecule has 2 amide bonds. The number of nitro benzene ring substituents is 1. The number of nitrogens with zero attached hydrogens (tertiary/aromatic N) is 5. The van der Waals surface area contributed by atoms with E-state index in [-0.39, 0.29) is 51.6 Å². The van der Waals surface area contributed by atoms with Crippen molar-refractivity contribution < 1.29 is 45.6 Å². The minimum atomic E-state index is -4.68. The van der Waals surface area contributed by atoms with Crippen molar-refractivity contribution in [2.45, 2.75) is 63.1 Å². The number of morpholine rings is 1. The number of hydrogen-bond donors (Lipinski definition) is 3. The standard InChI is InChI=1S/C49H52ClF3N8O8S/c1-48(2)13-11-32(40(25-48)38-8-5-33(22-41(38)50)49(51,52)53)28-58-15-17-59(18-16-58)34-6-9-39(44(23-34)69-35-21-31-12-14-54-45(31)56-26-35)46(62)57-70(66,67)37-7-10-42(43(24-37)61(64)65)55-27-36-29-60(19-20-68-36)47(63)30-3-4-30/h5-10,12,14,21-24,26,30,36,55H,3-4,11,13,15-20,25,27-29H2,1-2H3,(H,54,56)(H,57,62). The number of aromatic amines is 1. The van der Waals surface area contributed by atoms with Crippen LogP contribution in [-0.2, 0) is 25.7 Å². The molecule has 1 atom stereocenters. The lowest BCUT2D eigenvalue weighted by Crippen LogP contribution is -2.48. The second-order valence-electron chi connectivity index (χ2n) is 19.1. The van der Waals surface area contributed by atoms with Crippen molar-refractivity contribution in [1.29, 1.82) is 0 Å². The first-order valence-electron chi connectivity index (χ1n) is 23.1. The van der Waals surface area contributed by atoms with Gasteiger partial charge in [-0.25, -0.2) is 18.1 Å². The molecule has 2 aliphatic carbocycles. The van der Waals surface area contributed by atoms with Crippen LogP contribution in [0, 0.1) is 21.4 Å². The Morgan fingerprint density at radius 3 is 2.54 bits per heavy atom. The molecular weight excluding hydrogens is 953 g/mol. The highest BCUT2D eigenvalue weighted by Crippen LogP contribution is 2.46. The fraction of sp³-hybridized carbons (Fsp3) is 0.408. The van der Waals surface area contributed by atoms with Gasteiger partial charge in [-0.2, -0.15) is 13.2 Å². The number of sulfonamides is 1. The molecule has 1 saturated carbocycles. The summed E-state index contributed by atoms with van der Waals surface area (Å²) in [6, 6.07) is 15.2. The fourth-order valence-electron chi connectivity index (χ4n) is 9.32. The van der Waals surface area contributed by atoms with Gasteiger partial charge in [-0.3, -0.25) is 24.6 Å². The number of H-pyrrole nitrogens is 1. The SMILES string of the molecule is CC1(C)CCC(CN2CCN(c3ccc(C(=O)NS(=O)(=O)c4ccc(NCC5CN(C(=O)C6CC6)CCO5)c([N+](=O)[O-])c4)c(Oc4cnc5[nH]ccc5c4)c3)CC2)=C(c2ccc(C(F)(F)F)cc2Cl)C1. The number of anilines is 2. The Bertz CT molecular complexity index is 2990. The van der Waals surface area contributed by atoms with Crippen molar-refractivity contribution in [2.75, 3.05) is 69.2 Å². The smallest absolute Gasteiger partial charge is 0.416 e. The van der Waals surface area contributed by atoms with Crippen molar-refractivity contribution in [3.8, 4) is 11.5 Å². The van der Waals surface area contributed by atoms with Crippen molar-refractivity contribution in [3.63, 3.8) is 0 Å². The number of carbonyl (C=O) groups is 2. The largest absolute Gasteiger partial charge is 0.455 e. The van der Waals surface area contributed by atoms with E-state index in [9.17, 15) is 41.3 Å². The molecule has 16 nitrogen and oxygen atoms in total. The Hall–Kier alpha value is -6.22. The topological polar surface area (TPSA) is 192 Å². The first kappa shape index (κ1) is 48.8. The Balaban J connectivity index is 0.910. The molecule has 21 heteroatoms. The number of pyridine rings is 1. The van der Waals surface area contributed by atoms with Crippen LogP contribution in [0.3, 0.4) is 0 Å². The third-order valence-corrected chi connectivity index (χ3v) is 15.0. The van der Waals surface area contributed by atoms with E-state index in [1.54, 1.807) is 35.4 Å². The number of carbonyl (C=O) groups excluding carboxylic acids is 2. The average molecular weight is 1010 g/mol. The van der Waals surface area contributed by atoms with Gasteiger partial charge in [-0.15, -0.1) is 0 Å². The number of piperazine rings is 1. The van der Waals surface area contributed by atoms with Gasteiger partial charge in [-0.1, -0.05) is 37.1 Å². The molecular formula is C49H52ClF3N8O8S. The van der Waals surface area contributed by atoms with E-state index in [0.29, 0.717) is 75.7 Å². The van der Waals surface area contributed by atoms with Gasteiger partial charge < -0.3 is 29.6 Å². The number of aromatic nitrogens is 2. The molecule has 70 heavy (non-hydrogen) atoms. The van der Waals surface area contributed by atoms with Crippen molar-refractivity contribution in [1.82, 2.24) is 24.5 Å². The maximum atomic E-state index is 14.0. The summed E-state index contributed by atoms with van der Waals surface area (Å²) in [5.41, 5.74) is 2.56. The van der Waals surface area contributed by atoms with Gasteiger partial charge in [0.15, 0.2) is 0 Å². The zero-order valence-corrected chi connectivity index (χ0v) is 40.1. The lowest BCUT2D eigenvalue weighted by Gasteiger charge is -2.39. The summed E-state index contributed by atoms with van der Waals surface area (Å²) in [6.07, 6.45) is 2.35. The molecule has 2 saturated heterocycles. The first-order valence-corrected chi connectivity index (χ1v) is 25.0. The van der Waals surface area contributed by atoms with Crippen LogP contribution in [0.4, 0.5) is 30.2 Å². The number of nitro groups is 1. The number of halogens is 4. The number of amides is 2. The van der Waals surface area contributed by atoms with E-state index >= 15 is 0 Å². The van der Waals surface area contributed by atoms with Gasteiger partial charge in [0, 0.05) is 92.7 Å². The van der Waals surface area contributed by atoms with E-state index in [2.05, 4.69) is 43.7 Å². The van der Waals surface area contributed by atoms with Gasteiger partial charge in [0.1, 0.15) is 22.8 Å². The van der Waals surface area contributed by atoms with E-state index < -0.39 is 49.3 Å². The summed E-state index contributed by atoms with van der Waals surface area (Å²) in [5, 5.41) is 16.0. The molecule has 2 aliphatic heterocycles. The second kappa shape index (κ2) is 19.5. The summed E-state index contributed by atoms with van der Waals surface area (Å²) >= 11 is 6.54. The summed E-state index contributed by atoms with van der Waals surface area (Å²) < 4.78 is 82.3. The predicted molar refractivity (Wildman–Crippen MR) is 258 cm³/mol. The fourth-order valence-corrected chi connectivity index (χ4v) is 10.6. The molecule has 0 spiro atoms.